The highest BCUT2D eigenvalue weighted by atomic mass is 19.1. The van der Waals surface area contributed by atoms with E-state index in [0.717, 1.165) is 6.42 Å². The van der Waals surface area contributed by atoms with Crippen LogP contribution in [0.3, 0.4) is 0 Å². The Morgan fingerprint density at radius 2 is 1.94 bits per heavy atom. The van der Waals surface area contributed by atoms with Gasteiger partial charge in [-0.2, -0.15) is 0 Å². The first-order chi connectivity index (χ1) is 8.08. The number of amides is 1. The predicted octanol–water partition coefficient (Wildman–Crippen LogP) is 1.79. The number of halogens is 3. The van der Waals surface area contributed by atoms with E-state index in [0.29, 0.717) is 25.1 Å². The molecule has 0 unspecified atom stereocenters. The molecule has 17 heavy (non-hydrogen) atoms. The fourth-order valence-electron chi connectivity index (χ4n) is 1.78. The molecule has 0 radical (unpaired) electrons. The molecule has 0 bridgehead atoms. The van der Waals surface area contributed by atoms with E-state index >= 15 is 0 Å². The summed E-state index contributed by atoms with van der Waals surface area (Å²) in [6, 6.07) is 0.612. The first kappa shape index (κ1) is 11.9. The second kappa shape index (κ2) is 4.75. The van der Waals surface area contributed by atoms with Crippen LogP contribution in [-0.2, 0) is 4.79 Å². The Bertz CT molecular complexity index is 421. The van der Waals surface area contributed by atoms with E-state index in [9.17, 15) is 18.0 Å². The van der Waals surface area contributed by atoms with Gasteiger partial charge in [-0.05, 0) is 19.4 Å². The topological polar surface area (TPSA) is 41.1 Å². The molecule has 1 aromatic carbocycles. The van der Waals surface area contributed by atoms with E-state index in [1.807, 2.05) is 0 Å². The zero-order valence-corrected chi connectivity index (χ0v) is 8.90. The second-order valence-electron chi connectivity index (χ2n) is 3.88. The molecule has 1 fully saturated rings. The van der Waals surface area contributed by atoms with Crippen LogP contribution in [-0.4, -0.2) is 18.5 Å². The number of hydrogen-bond donors (Lipinski definition) is 2. The number of anilines is 1. The lowest BCUT2D eigenvalue weighted by Crippen LogP contribution is -2.36. The largest absolute Gasteiger partial charge is 0.320 e. The van der Waals surface area contributed by atoms with E-state index in [4.69, 9.17) is 0 Å². The summed E-state index contributed by atoms with van der Waals surface area (Å²) in [6.45, 7) is 0.701. The highest BCUT2D eigenvalue weighted by Gasteiger charge is 2.24. The fraction of sp³-hybridized carbons (Fsp3) is 0.364. The van der Waals surface area contributed by atoms with Crippen molar-refractivity contribution in [3.8, 4) is 0 Å². The Labute approximate surface area is 96.0 Å². The number of carbonyl (C=O) groups is 1. The van der Waals surface area contributed by atoms with Crippen LogP contribution < -0.4 is 10.6 Å². The minimum Gasteiger partial charge on any atom is -0.320 e. The van der Waals surface area contributed by atoms with Crippen molar-refractivity contribution in [2.45, 2.75) is 18.9 Å². The summed E-state index contributed by atoms with van der Waals surface area (Å²) in [5, 5.41) is 5.03. The third-order valence-corrected chi connectivity index (χ3v) is 2.63. The molecule has 2 N–H and O–H groups in total. The molecule has 2 rings (SSSR count). The maximum absolute atomic E-state index is 13.2. The SMILES string of the molecule is O=C(Nc1c(F)cc(F)cc1F)[C@@H]1CCCN1. The highest BCUT2D eigenvalue weighted by Crippen LogP contribution is 2.21. The maximum Gasteiger partial charge on any atom is 0.241 e. The molecule has 1 aliphatic heterocycles. The number of benzene rings is 1. The Kier molecular flexibility index (Phi) is 3.33. The summed E-state index contributed by atoms with van der Waals surface area (Å²) in [4.78, 5) is 11.6. The molecule has 1 atom stereocenters. The summed E-state index contributed by atoms with van der Waals surface area (Å²) in [7, 11) is 0. The Balaban J connectivity index is 2.15. The zero-order chi connectivity index (χ0) is 12.4. The van der Waals surface area contributed by atoms with Crippen molar-refractivity contribution >= 4 is 11.6 Å². The molecule has 6 heteroatoms. The molecule has 0 saturated carbocycles. The van der Waals surface area contributed by atoms with Crippen molar-refractivity contribution in [1.29, 1.82) is 0 Å². The van der Waals surface area contributed by atoms with Gasteiger partial charge in [0.2, 0.25) is 5.91 Å². The first-order valence-corrected chi connectivity index (χ1v) is 5.26. The van der Waals surface area contributed by atoms with Crippen molar-refractivity contribution in [3.05, 3.63) is 29.6 Å². The molecule has 3 nitrogen and oxygen atoms in total. The average molecular weight is 244 g/mol. The van der Waals surface area contributed by atoms with Gasteiger partial charge in [0.1, 0.15) is 11.5 Å². The molecule has 0 spiro atoms. The molecular weight excluding hydrogens is 233 g/mol. The normalized spacial score (nSPS) is 19.4. The lowest BCUT2D eigenvalue weighted by Gasteiger charge is -2.12. The van der Waals surface area contributed by atoms with Gasteiger partial charge in [-0.15, -0.1) is 0 Å². The second-order valence-corrected chi connectivity index (χ2v) is 3.88. The van der Waals surface area contributed by atoms with Crippen LogP contribution in [0.4, 0.5) is 18.9 Å². The standard InChI is InChI=1S/C11H11F3N2O/c12-6-4-7(13)10(8(14)5-6)16-11(17)9-2-1-3-15-9/h4-5,9,15H,1-3H2,(H,16,17)/t9-/m0/s1. The molecule has 0 aromatic heterocycles. The quantitative estimate of drug-likeness (QED) is 0.832. The molecule has 1 heterocycles. The van der Waals surface area contributed by atoms with Crippen LogP contribution in [0.5, 0.6) is 0 Å². The monoisotopic (exact) mass is 244 g/mol. The lowest BCUT2D eigenvalue weighted by atomic mass is 10.2. The Morgan fingerprint density at radius 1 is 1.29 bits per heavy atom. The van der Waals surface area contributed by atoms with Gasteiger partial charge in [-0.3, -0.25) is 4.79 Å². The van der Waals surface area contributed by atoms with Crippen molar-refractivity contribution < 1.29 is 18.0 Å². The van der Waals surface area contributed by atoms with Gasteiger partial charge >= 0.3 is 0 Å². The molecule has 0 aliphatic carbocycles. The minimum absolute atomic E-state index is 0.446. The van der Waals surface area contributed by atoms with Gasteiger partial charge in [0.15, 0.2) is 11.6 Å². The van der Waals surface area contributed by atoms with Gasteiger partial charge in [0.05, 0.1) is 6.04 Å². The third-order valence-electron chi connectivity index (χ3n) is 2.63. The summed E-state index contributed by atoms with van der Waals surface area (Å²) >= 11 is 0. The lowest BCUT2D eigenvalue weighted by molar-refractivity contribution is -0.117. The van der Waals surface area contributed by atoms with E-state index < -0.39 is 35.1 Å². The summed E-state index contributed by atoms with van der Waals surface area (Å²) < 4.78 is 39.1. The van der Waals surface area contributed by atoms with Gasteiger partial charge in [-0.1, -0.05) is 0 Å². The summed E-state index contributed by atoms with van der Waals surface area (Å²) in [6.07, 6.45) is 1.46. The van der Waals surface area contributed by atoms with Gasteiger partial charge in [0, 0.05) is 12.1 Å². The number of rotatable bonds is 2. The van der Waals surface area contributed by atoms with Crippen molar-refractivity contribution in [1.82, 2.24) is 5.32 Å². The van der Waals surface area contributed by atoms with Crippen LogP contribution in [0.1, 0.15) is 12.8 Å². The average Bonchev–Trinajstić information content (AvgIpc) is 2.76. The number of carbonyl (C=O) groups excluding carboxylic acids is 1. The Hall–Kier alpha value is -1.56. The van der Waals surface area contributed by atoms with Crippen molar-refractivity contribution in [3.63, 3.8) is 0 Å². The highest BCUT2D eigenvalue weighted by molar-refractivity contribution is 5.95. The Morgan fingerprint density at radius 3 is 2.47 bits per heavy atom. The smallest absolute Gasteiger partial charge is 0.241 e. The van der Waals surface area contributed by atoms with Crippen LogP contribution in [0.25, 0.3) is 0 Å². The number of nitrogens with one attached hydrogen (secondary N) is 2. The van der Waals surface area contributed by atoms with E-state index in [-0.39, 0.29) is 0 Å². The van der Waals surface area contributed by atoms with Crippen molar-refractivity contribution in [2.75, 3.05) is 11.9 Å². The van der Waals surface area contributed by atoms with Gasteiger partial charge in [-0.25, -0.2) is 13.2 Å². The third kappa shape index (κ3) is 2.58. The van der Waals surface area contributed by atoms with Crippen molar-refractivity contribution in [2.24, 2.45) is 0 Å². The van der Waals surface area contributed by atoms with Gasteiger partial charge < -0.3 is 10.6 Å². The van der Waals surface area contributed by atoms with Gasteiger partial charge in [0.25, 0.3) is 0 Å². The van der Waals surface area contributed by atoms with Crippen LogP contribution in [0, 0.1) is 17.5 Å². The maximum atomic E-state index is 13.2. The molecule has 1 saturated heterocycles. The zero-order valence-electron chi connectivity index (χ0n) is 8.90. The molecule has 92 valence electrons. The molecule has 1 aliphatic rings. The van der Waals surface area contributed by atoms with Crippen LogP contribution >= 0.6 is 0 Å². The fourth-order valence-corrected chi connectivity index (χ4v) is 1.78. The van der Waals surface area contributed by atoms with Crippen LogP contribution in [0.2, 0.25) is 0 Å². The molecular formula is C11H11F3N2O. The first-order valence-electron chi connectivity index (χ1n) is 5.26. The molecule has 1 amide bonds. The molecule has 1 aromatic rings. The minimum atomic E-state index is -1.12. The summed E-state index contributed by atoms with van der Waals surface area (Å²) in [5.74, 6) is -3.76. The predicted molar refractivity (Wildman–Crippen MR) is 56.0 cm³/mol. The van der Waals surface area contributed by atoms with Crippen LogP contribution in [0.15, 0.2) is 12.1 Å². The van der Waals surface area contributed by atoms with E-state index in [2.05, 4.69) is 10.6 Å². The van der Waals surface area contributed by atoms with E-state index in [1.54, 1.807) is 0 Å². The summed E-state index contributed by atoms with van der Waals surface area (Å²) in [5.41, 5.74) is -0.606. The van der Waals surface area contributed by atoms with E-state index in [1.165, 1.54) is 0 Å². The number of hydrogen-bond acceptors (Lipinski definition) is 2.